The number of rotatable bonds is 7. The molecule has 0 aliphatic heterocycles. The van der Waals surface area contributed by atoms with Crippen molar-refractivity contribution in [3.8, 4) is 17.0 Å². The highest BCUT2D eigenvalue weighted by molar-refractivity contribution is 7.12. The molecular weight excluding hydrogens is 390 g/mol. The number of ketones is 1. The van der Waals surface area contributed by atoms with Crippen molar-refractivity contribution in [1.29, 1.82) is 5.26 Å². The lowest BCUT2D eigenvalue weighted by Crippen LogP contribution is -2.28. The number of benzene rings is 1. The monoisotopic (exact) mass is 409 g/mol. The molecule has 29 heavy (non-hydrogen) atoms. The van der Waals surface area contributed by atoms with E-state index in [1.54, 1.807) is 43.5 Å². The van der Waals surface area contributed by atoms with Gasteiger partial charge in [-0.05, 0) is 51.1 Å². The normalized spacial score (nSPS) is 11.5. The van der Waals surface area contributed by atoms with Crippen LogP contribution in [0.2, 0.25) is 0 Å². The molecule has 3 aromatic rings. The van der Waals surface area contributed by atoms with Crippen LogP contribution in [0, 0.1) is 25.2 Å². The maximum atomic E-state index is 12.6. The van der Waals surface area contributed by atoms with Crippen molar-refractivity contribution >= 4 is 23.1 Å². The number of nitrogens with zero attached hydrogens (tertiary/aromatic N) is 3. The SMILES string of the molecule is Cc1cc(C(=O)COC(=O)[C@H](C)Oc2ccc(C#N)cc2)c(C)n1-c1nccs1. The fraction of sp³-hybridized carbons (Fsp3) is 0.238. The second-order valence-electron chi connectivity index (χ2n) is 6.36. The van der Waals surface area contributed by atoms with Crippen molar-refractivity contribution in [2.75, 3.05) is 6.61 Å². The standard InChI is InChI=1S/C21H19N3O4S/c1-13-10-18(14(2)24(13)21-23-8-9-29-21)19(25)12-27-20(26)15(3)28-17-6-4-16(11-22)5-7-17/h4-10,15H,12H2,1-3H3/t15-/m0/s1. The van der Waals surface area contributed by atoms with Crippen LogP contribution >= 0.6 is 11.3 Å². The first kappa shape index (κ1) is 20.3. The zero-order chi connectivity index (χ0) is 21.0. The minimum absolute atomic E-state index is 0.292. The molecule has 1 atom stereocenters. The molecule has 3 rings (SSSR count). The summed E-state index contributed by atoms with van der Waals surface area (Å²) in [4.78, 5) is 29.0. The van der Waals surface area contributed by atoms with E-state index in [4.69, 9.17) is 14.7 Å². The summed E-state index contributed by atoms with van der Waals surface area (Å²) in [5.41, 5.74) is 2.62. The second kappa shape index (κ2) is 8.71. The Balaban J connectivity index is 1.61. The molecule has 0 aliphatic rings. The van der Waals surface area contributed by atoms with Gasteiger partial charge < -0.3 is 9.47 Å². The van der Waals surface area contributed by atoms with Crippen molar-refractivity contribution in [3.05, 3.63) is 64.4 Å². The Morgan fingerprint density at radius 2 is 2.00 bits per heavy atom. The quantitative estimate of drug-likeness (QED) is 0.437. The van der Waals surface area contributed by atoms with Crippen LogP contribution in [0.4, 0.5) is 0 Å². The minimum atomic E-state index is -0.890. The second-order valence-corrected chi connectivity index (χ2v) is 7.24. The molecule has 8 heteroatoms. The largest absolute Gasteiger partial charge is 0.479 e. The molecule has 0 unspecified atom stereocenters. The summed E-state index contributed by atoms with van der Waals surface area (Å²) in [6, 6.07) is 10.2. The molecular formula is C21H19N3O4S. The van der Waals surface area contributed by atoms with Crippen molar-refractivity contribution < 1.29 is 19.1 Å². The van der Waals surface area contributed by atoms with Gasteiger partial charge in [-0.2, -0.15) is 5.26 Å². The molecule has 7 nitrogen and oxygen atoms in total. The van der Waals surface area contributed by atoms with Crippen LogP contribution < -0.4 is 4.74 Å². The van der Waals surface area contributed by atoms with Crippen LogP contribution in [0.3, 0.4) is 0 Å². The summed E-state index contributed by atoms with van der Waals surface area (Å²) in [5.74, 6) is -0.497. The van der Waals surface area contributed by atoms with Crippen molar-refractivity contribution in [3.63, 3.8) is 0 Å². The molecule has 0 spiro atoms. The Kier molecular flexibility index (Phi) is 6.10. The van der Waals surface area contributed by atoms with E-state index in [-0.39, 0.29) is 12.4 Å². The number of aryl methyl sites for hydroxylation is 1. The molecule has 0 N–H and O–H groups in total. The number of thiazole rings is 1. The molecule has 1 aromatic carbocycles. The Hall–Kier alpha value is -3.44. The van der Waals surface area contributed by atoms with E-state index in [0.29, 0.717) is 16.9 Å². The number of aromatic nitrogens is 2. The van der Waals surface area contributed by atoms with Crippen molar-refractivity contribution in [1.82, 2.24) is 9.55 Å². The van der Waals surface area contributed by atoms with Crippen LogP contribution in [0.15, 0.2) is 41.9 Å². The van der Waals surface area contributed by atoms with Crippen LogP contribution in [-0.4, -0.2) is 34.0 Å². The summed E-state index contributed by atoms with van der Waals surface area (Å²) < 4.78 is 12.5. The number of ether oxygens (including phenoxy) is 2. The van der Waals surface area contributed by atoms with E-state index >= 15 is 0 Å². The summed E-state index contributed by atoms with van der Waals surface area (Å²) in [5, 5.41) is 11.5. The fourth-order valence-corrected chi connectivity index (χ4v) is 3.61. The van der Waals surface area contributed by atoms with E-state index in [9.17, 15) is 9.59 Å². The molecule has 0 radical (unpaired) electrons. The smallest absolute Gasteiger partial charge is 0.347 e. The molecule has 0 saturated carbocycles. The Labute approximate surface area is 172 Å². The lowest BCUT2D eigenvalue weighted by atomic mass is 10.1. The molecule has 0 fully saturated rings. The zero-order valence-corrected chi connectivity index (χ0v) is 17.0. The van der Waals surface area contributed by atoms with E-state index < -0.39 is 12.1 Å². The summed E-state index contributed by atoms with van der Waals surface area (Å²) in [6.07, 6.45) is 0.815. The first-order valence-corrected chi connectivity index (χ1v) is 9.74. The van der Waals surface area contributed by atoms with Crippen molar-refractivity contribution in [2.24, 2.45) is 0 Å². The molecule has 0 saturated heterocycles. The first-order valence-electron chi connectivity index (χ1n) is 8.86. The Morgan fingerprint density at radius 1 is 1.28 bits per heavy atom. The van der Waals surface area contributed by atoms with Gasteiger partial charge in [0.1, 0.15) is 5.75 Å². The lowest BCUT2D eigenvalue weighted by Gasteiger charge is -2.13. The number of carbonyl (C=O) groups excluding carboxylic acids is 2. The molecule has 0 aliphatic carbocycles. The van der Waals surface area contributed by atoms with Gasteiger partial charge in [0.2, 0.25) is 5.78 Å². The third-order valence-electron chi connectivity index (χ3n) is 4.32. The molecule has 0 bridgehead atoms. The number of hydrogen-bond acceptors (Lipinski definition) is 7. The van der Waals surface area contributed by atoms with Gasteiger partial charge >= 0.3 is 5.97 Å². The van der Waals surface area contributed by atoms with Gasteiger partial charge in [0.15, 0.2) is 17.8 Å². The average Bonchev–Trinajstić information content (AvgIpc) is 3.34. The Bertz CT molecular complexity index is 1060. The molecule has 0 amide bonds. The number of hydrogen-bond donors (Lipinski definition) is 0. The molecule has 2 heterocycles. The molecule has 2 aromatic heterocycles. The highest BCUT2D eigenvalue weighted by Gasteiger charge is 2.21. The number of esters is 1. The van der Waals surface area contributed by atoms with Crippen molar-refractivity contribution in [2.45, 2.75) is 26.9 Å². The number of nitriles is 1. The number of Topliss-reactive ketones (excluding diaryl/α,β-unsaturated/α-hetero) is 1. The highest BCUT2D eigenvalue weighted by atomic mass is 32.1. The highest BCUT2D eigenvalue weighted by Crippen LogP contribution is 2.22. The van der Waals surface area contributed by atoms with Gasteiger partial charge in [0, 0.05) is 28.5 Å². The third-order valence-corrected chi connectivity index (χ3v) is 5.07. The maximum absolute atomic E-state index is 12.6. The minimum Gasteiger partial charge on any atom is -0.479 e. The topological polar surface area (TPSA) is 94.2 Å². The van der Waals surface area contributed by atoms with Crippen LogP contribution in [0.25, 0.3) is 5.13 Å². The first-order chi connectivity index (χ1) is 13.9. The maximum Gasteiger partial charge on any atom is 0.347 e. The zero-order valence-electron chi connectivity index (χ0n) is 16.2. The van der Waals surface area contributed by atoms with E-state index in [1.165, 1.54) is 11.3 Å². The summed E-state index contributed by atoms with van der Waals surface area (Å²) in [7, 11) is 0. The van der Waals surface area contributed by atoms with Gasteiger partial charge in [0.05, 0.1) is 11.6 Å². The van der Waals surface area contributed by atoms with E-state index in [0.717, 1.165) is 16.5 Å². The summed E-state index contributed by atoms with van der Waals surface area (Å²) in [6.45, 7) is 4.90. The van der Waals surface area contributed by atoms with E-state index in [1.807, 2.05) is 29.9 Å². The molecule has 148 valence electrons. The van der Waals surface area contributed by atoms with Crippen LogP contribution in [0.5, 0.6) is 5.75 Å². The average molecular weight is 409 g/mol. The van der Waals surface area contributed by atoms with E-state index in [2.05, 4.69) is 4.98 Å². The van der Waals surface area contributed by atoms with Gasteiger partial charge in [-0.3, -0.25) is 9.36 Å². The Morgan fingerprint density at radius 3 is 2.62 bits per heavy atom. The van der Waals surface area contributed by atoms with Gasteiger partial charge in [-0.1, -0.05) is 0 Å². The predicted octanol–water partition coefficient (Wildman–Crippen LogP) is 3.62. The van der Waals surface area contributed by atoms with Gasteiger partial charge in [-0.15, -0.1) is 11.3 Å². The van der Waals surface area contributed by atoms with Gasteiger partial charge in [-0.25, -0.2) is 9.78 Å². The number of carbonyl (C=O) groups is 2. The lowest BCUT2D eigenvalue weighted by molar-refractivity contribution is -0.149. The van der Waals surface area contributed by atoms with Crippen LogP contribution in [0.1, 0.15) is 34.2 Å². The fourth-order valence-electron chi connectivity index (χ4n) is 2.86. The van der Waals surface area contributed by atoms with Gasteiger partial charge in [0.25, 0.3) is 0 Å². The summed E-state index contributed by atoms with van der Waals surface area (Å²) >= 11 is 1.48. The van der Waals surface area contributed by atoms with Crippen LogP contribution in [-0.2, 0) is 9.53 Å². The predicted molar refractivity (Wildman–Crippen MR) is 107 cm³/mol. The third kappa shape index (κ3) is 4.52.